The molecular weight excluding hydrogens is 224 g/mol. The summed E-state index contributed by atoms with van der Waals surface area (Å²) < 4.78 is 0. The maximum absolute atomic E-state index is 12.0. The van der Waals surface area contributed by atoms with Crippen LogP contribution in [0.3, 0.4) is 0 Å². The van der Waals surface area contributed by atoms with Crippen molar-refractivity contribution in [3.05, 3.63) is 35.9 Å². The van der Waals surface area contributed by atoms with E-state index in [-0.39, 0.29) is 23.4 Å². The third kappa shape index (κ3) is 2.87. The van der Waals surface area contributed by atoms with E-state index in [1.807, 2.05) is 25.1 Å². The number of Topliss-reactive ketones (excluding diaryl/α,β-unsaturated/α-hetero) is 2. The average molecular weight is 244 g/mol. The van der Waals surface area contributed by atoms with Crippen LogP contribution in [0.4, 0.5) is 0 Å². The second kappa shape index (κ2) is 5.47. The molecule has 1 aromatic carbocycles. The van der Waals surface area contributed by atoms with Gasteiger partial charge in [0.1, 0.15) is 11.6 Å². The lowest BCUT2D eigenvalue weighted by molar-refractivity contribution is -0.133. The highest BCUT2D eigenvalue weighted by Gasteiger charge is 2.35. The number of rotatable bonds is 3. The molecule has 0 radical (unpaired) electrons. The van der Waals surface area contributed by atoms with E-state index in [4.69, 9.17) is 0 Å². The monoisotopic (exact) mass is 244 g/mol. The van der Waals surface area contributed by atoms with Crippen molar-refractivity contribution in [3.8, 4) is 0 Å². The Morgan fingerprint density at radius 3 is 2.56 bits per heavy atom. The van der Waals surface area contributed by atoms with Crippen LogP contribution in [-0.2, 0) is 16.0 Å². The Morgan fingerprint density at radius 1 is 1.28 bits per heavy atom. The summed E-state index contributed by atoms with van der Waals surface area (Å²) >= 11 is 0. The summed E-state index contributed by atoms with van der Waals surface area (Å²) in [7, 11) is 0. The fraction of sp³-hybridized carbons (Fsp3) is 0.500. The minimum Gasteiger partial charge on any atom is -0.300 e. The van der Waals surface area contributed by atoms with Crippen LogP contribution in [0.1, 0.15) is 32.3 Å². The van der Waals surface area contributed by atoms with Gasteiger partial charge in [0.25, 0.3) is 0 Å². The molecule has 0 N–H and O–H groups in total. The molecule has 1 aliphatic carbocycles. The molecule has 0 amide bonds. The SMILES string of the molecule is CC(=O)C1CC(=O)C(C)C(Cc2ccccc2)C1. The Labute approximate surface area is 108 Å². The molecule has 0 aromatic heterocycles. The van der Waals surface area contributed by atoms with Gasteiger partial charge < -0.3 is 0 Å². The average Bonchev–Trinajstić information content (AvgIpc) is 2.35. The molecule has 96 valence electrons. The van der Waals surface area contributed by atoms with Crippen LogP contribution in [0.15, 0.2) is 30.3 Å². The molecule has 18 heavy (non-hydrogen) atoms. The molecule has 3 atom stereocenters. The van der Waals surface area contributed by atoms with Gasteiger partial charge in [0.05, 0.1) is 0 Å². The van der Waals surface area contributed by atoms with E-state index in [0.717, 1.165) is 12.8 Å². The first kappa shape index (κ1) is 13.0. The number of carbonyl (C=O) groups excluding carboxylic acids is 2. The minimum absolute atomic E-state index is 0.0533. The lowest BCUT2D eigenvalue weighted by Crippen LogP contribution is -2.35. The maximum atomic E-state index is 12.0. The van der Waals surface area contributed by atoms with E-state index in [0.29, 0.717) is 12.3 Å². The van der Waals surface area contributed by atoms with E-state index < -0.39 is 0 Å². The van der Waals surface area contributed by atoms with E-state index in [1.165, 1.54) is 5.56 Å². The Morgan fingerprint density at radius 2 is 1.94 bits per heavy atom. The van der Waals surface area contributed by atoms with Crippen LogP contribution in [-0.4, -0.2) is 11.6 Å². The second-order valence-electron chi connectivity index (χ2n) is 5.45. The molecule has 3 unspecified atom stereocenters. The van der Waals surface area contributed by atoms with Crippen LogP contribution in [0.25, 0.3) is 0 Å². The smallest absolute Gasteiger partial charge is 0.136 e. The zero-order valence-electron chi connectivity index (χ0n) is 11.1. The lowest BCUT2D eigenvalue weighted by atomic mass is 9.71. The summed E-state index contributed by atoms with van der Waals surface area (Å²) in [6, 6.07) is 10.2. The number of benzene rings is 1. The van der Waals surface area contributed by atoms with E-state index in [9.17, 15) is 9.59 Å². The number of ketones is 2. The van der Waals surface area contributed by atoms with Crippen LogP contribution >= 0.6 is 0 Å². The van der Waals surface area contributed by atoms with Crippen molar-refractivity contribution in [1.29, 1.82) is 0 Å². The quantitative estimate of drug-likeness (QED) is 0.819. The predicted molar refractivity (Wildman–Crippen MR) is 71.2 cm³/mol. The van der Waals surface area contributed by atoms with Crippen molar-refractivity contribution in [2.75, 3.05) is 0 Å². The third-order valence-electron chi connectivity index (χ3n) is 4.17. The highest BCUT2D eigenvalue weighted by atomic mass is 16.1. The van der Waals surface area contributed by atoms with Gasteiger partial charge in [-0.2, -0.15) is 0 Å². The normalized spacial score (nSPS) is 28.1. The van der Waals surface area contributed by atoms with Crippen LogP contribution in [0.5, 0.6) is 0 Å². The van der Waals surface area contributed by atoms with Crippen molar-refractivity contribution in [1.82, 2.24) is 0 Å². The first-order valence-electron chi connectivity index (χ1n) is 6.65. The van der Waals surface area contributed by atoms with Crippen molar-refractivity contribution in [3.63, 3.8) is 0 Å². The van der Waals surface area contributed by atoms with Gasteiger partial charge in [0.15, 0.2) is 0 Å². The zero-order valence-corrected chi connectivity index (χ0v) is 11.1. The highest BCUT2D eigenvalue weighted by molar-refractivity contribution is 5.89. The summed E-state index contributed by atoms with van der Waals surface area (Å²) in [5, 5.41) is 0. The molecule has 0 aliphatic heterocycles. The minimum atomic E-state index is -0.0533. The highest BCUT2D eigenvalue weighted by Crippen LogP contribution is 2.34. The van der Waals surface area contributed by atoms with Crippen LogP contribution in [0, 0.1) is 17.8 Å². The van der Waals surface area contributed by atoms with Crippen molar-refractivity contribution >= 4 is 11.6 Å². The standard InChI is InChI=1S/C16H20O2/c1-11-14(8-13-6-4-3-5-7-13)9-15(12(2)17)10-16(11)18/h3-7,11,14-15H,8-10H2,1-2H3. The van der Waals surface area contributed by atoms with Gasteiger partial charge >= 0.3 is 0 Å². The van der Waals surface area contributed by atoms with Gasteiger partial charge in [-0.25, -0.2) is 0 Å². The first-order valence-corrected chi connectivity index (χ1v) is 6.65. The Hall–Kier alpha value is -1.44. The number of hydrogen-bond donors (Lipinski definition) is 0. The van der Waals surface area contributed by atoms with Crippen molar-refractivity contribution < 1.29 is 9.59 Å². The van der Waals surface area contributed by atoms with E-state index in [2.05, 4.69) is 12.1 Å². The van der Waals surface area contributed by atoms with Crippen LogP contribution < -0.4 is 0 Å². The number of carbonyl (C=O) groups is 2. The Balaban J connectivity index is 2.10. The molecule has 0 saturated heterocycles. The Bertz CT molecular complexity index is 436. The molecular formula is C16H20O2. The van der Waals surface area contributed by atoms with Crippen molar-refractivity contribution in [2.45, 2.75) is 33.1 Å². The van der Waals surface area contributed by atoms with Gasteiger partial charge in [-0.15, -0.1) is 0 Å². The molecule has 0 spiro atoms. The largest absolute Gasteiger partial charge is 0.300 e. The van der Waals surface area contributed by atoms with E-state index in [1.54, 1.807) is 6.92 Å². The molecule has 1 aliphatic rings. The molecule has 2 rings (SSSR count). The van der Waals surface area contributed by atoms with Crippen LogP contribution in [0.2, 0.25) is 0 Å². The van der Waals surface area contributed by atoms with Gasteiger partial charge in [0, 0.05) is 18.3 Å². The number of hydrogen-bond acceptors (Lipinski definition) is 2. The molecule has 0 bridgehead atoms. The molecule has 2 nitrogen and oxygen atoms in total. The molecule has 0 heterocycles. The fourth-order valence-corrected chi connectivity index (χ4v) is 2.83. The Kier molecular flexibility index (Phi) is 3.95. The first-order chi connectivity index (χ1) is 8.58. The van der Waals surface area contributed by atoms with Gasteiger partial charge in [-0.3, -0.25) is 9.59 Å². The third-order valence-corrected chi connectivity index (χ3v) is 4.17. The fourth-order valence-electron chi connectivity index (χ4n) is 2.83. The topological polar surface area (TPSA) is 34.1 Å². The second-order valence-corrected chi connectivity index (χ2v) is 5.45. The van der Waals surface area contributed by atoms with E-state index >= 15 is 0 Å². The lowest BCUT2D eigenvalue weighted by Gasteiger charge is -2.32. The van der Waals surface area contributed by atoms with Gasteiger partial charge in [-0.05, 0) is 31.2 Å². The summed E-state index contributed by atoms with van der Waals surface area (Å²) in [5.74, 6) is 0.751. The summed E-state index contributed by atoms with van der Waals surface area (Å²) in [5.41, 5.74) is 1.26. The maximum Gasteiger partial charge on any atom is 0.136 e. The predicted octanol–water partition coefficient (Wildman–Crippen LogP) is 3.05. The van der Waals surface area contributed by atoms with Gasteiger partial charge in [0.2, 0.25) is 0 Å². The zero-order chi connectivity index (χ0) is 13.1. The summed E-state index contributed by atoms with van der Waals surface area (Å²) in [4.78, 5) is 23.5. The molecule has 2 heteroatoms. The molecule has 1 aromatic rings. The van der Waals surface area contributed by atoms with Crippen molar-refractivity contribution in [2.24, 2.45) is 17.8 Å². The molecule has 1 fully saturated rings. The summed E-state index contributed by atoms with van der Waals surface area (Å²) in [6.07, 6.45) is 2.20. The van der Waals surface area contributed by atoms with Gasteiger partial charge in [-0.1, -0.05) is 37.3 Å². The molecule has 1 saturated carbocycles. The summed E-state index contributed by atoms with van der Waals surface area (Å²) in [6.45, 7) is 3.61.